The third-order valence-corrected chi connectivity index (χ3v) is 5.62. The molecule has 1 aliphatic rings. The van der Waals surface area contributed by atoms with Crippen LogP contribution in [0.15, 0.2) is 41.8 Å². The Balaban J connectivity index is 1.75. The first-order chi connectivity index (χ1) is 10.2. The van der Waals surface area contributed by atoms with Crippen LogP contribution in [0.5, 0.6) is 0 Å². The summed E-state index contributed by atoms with van der Waals surface area (Å²) >= 11 is 1.52. The number of hydrogen-bond donors (Lipinski definition) is 1. The van der Waals surface area contributed by atoms with E-state index in [-0.39, 0.29) is 11.3 Å². The molecule has 1 aliphatic carbocycles. The molecule has 1 fully saturated rings. The highest BCUT2D eigenvalue weighted by Gasteiger charge is 2.35. The molecule has 0 radical (unpaired) electrons. The van der Waals surface area contributed by atoms with Crippen LogP contribution >= 0.6 is 11.3 Å². The Morgan fingerprint density at radius 3 is 2.52 bits per heavy atom. The van der Waals surface area contributed by atoms with E-state index in [1.807, 2.05) is 18.4 Å². The minimum absolute atomic E-state index is 0.0738. The Bertz CT molecular complexity index is 611. The zero-order valence-corrected chi connectivity index (χ0v) is 13.2. The molecule has 0 atom stereocenters. The smallest absolute Gasteiger partial charge is 0.261 e. The van der Waals surface area contributed by atoms with E-state index in [1.165, 1.54) is 42.6 Å². The largest absolute Gasteiger partial charge is 0.350 e. The van der Waals surface area contributed by atoms with Crippen LogP contribution in [0.25, 0.3) is 0 Å². The maximum atomic E-state index is 12.4. The highest BCUT2D eigenvalue weighted by atomic mass is 32.1. The zero-order valence-electron chi connectivity index (χ0n) is 12.4. The minimum Gasteiger partial charge on any atom is -0.350 e. The molecule has 1 aromatic carbocycles. The van der Waals surface area contributed by atoms with Crippen LogP contribution in [-0.2, 0) is 5.41 Å². The van der Waals surface area contributed by atoms with E-state index >= 15 is 0 Å². The number of carbonyl (C=O) groups is 1. The molecule has 1 aromatic heterocycles. The van der Waals surface area contributed by atoms with Gasteiger partial charge in [0.25, 0.3) is 5.91 Å². The van der Waals surface area contributed by atoms with Crippen molar-refractivity contribution in [1.29, 1.82) is 0 Å². The molecule has 3 heteroatoms. The van der Waals surface area contributed by atoms with Crippen molar-refractivity contribution in [3.05, 3.63) is 57.8 Å². The molecule has 2 aromatic rings. The van der Waals surface area contributed by atoms with Gasteiger partial charge < -0.3 is 5.32 Å². The van der Waals surface area contributed by atoms with E-state index in [1.54, 1.807) is 0 Å². The summed E-state index contributed by atoms with van der Waals surface area (Å²) in [5.74, 6) is 0.0738. The summed E-state index contributed by atoms with van der Waals surface area (Å²) in [6, 6.07) is 12.7. The maximum absolute atomic E-state index is 12.4. The summed E-state index contributed by atoms with van der Waals surface area (Å²) in [6.07, 6.45) is 4.84. The van der Waals surface area contributed by atoms with E-state index < -0.39 is 0 Å². The number of amides is 1. The highest BCUT2D eigenvalue weighted by Crippen LogP contribution is 2.40. The average Bonchev–Trinajstić information content (AvgIpc) is 3.15. The predicted molar refractivity (Wildman–Crippen MR) is 88.0 cm³/mol. The Kier molecular flexibility index (Phi) is 4.11. The van der Waals surface area contributed by atoms with E-state index in [0.717, 1.165) is 17.0 Å². The van der Waals surface area contributed by atoms with Crippen molar-refractivity contribution in [3.8, 4) is 0 Å². The summed E-state index contributed by atoms with van der Waals surface area (Å²) in [5.41, 5.74) is 2.56. The zero-order chi connectivity index (χ0) is 14.7. The van der Waals surface area contributed by atoms with E-state index in [9.17, 15) is 4.79 Å². The second-order valence-corrected chi connectivity index (χ2v) is 6.88. The van der Waals surface area contributed by atoms with Crippen molar-refractivity contribution in [1.82, 2.24) is 5.32 Å². The van der Waals surface area contributed by atoms with Crippen LogP contribution in [0, 0.1) is 6.92 Å². The summed E-state index contributed by atoms with van der Waals surface area (Å²) in [7, 11) is 0. The van der Waals surface area contributed by atoms with Gasteiger partial charge in [-0.2, -0.15) is 0 Å². The average molecular weight is 299 g/mol. The second kappa shape index (κ2) is 6.02. The first-order valence-electron chi connectivity index (χ1n) is 7.59. The topological polar surface area (TPSA) is 29.1 Å². The Hall–Kier alpha value is -1.61. The fourth-order valence-corrected chi connectivity index (χ4v) is 4.19. The molecule has 0 saturated heterocycles. The number of carbonyl (C=O) groups excluding carboxylic acids is 1. The van der Waals surface area contributed by atoms with Crippen LogP contribution in [-0.4, -0.2) is 12.5 Å². The molecule has 1 amide bonds. The van der Waals surface area contributed by atoms with Crippen molar-refractivity contribution in [2.24, 2.45) is 0 Å². The van der Waals surface area contributed by atoms with Crippen molar-refractivity contribution in [3.63, 3.8) is 0 Å². The van der Waals surface area contributed by atoms with Gasteiger partial charge in [0.05, 0.1) is 4.88 Å². The van der Waals surface area contributed by atoms with Crippen LogP contribution < -0.4 is 5.32 Å². The second-order valence-electron chi connectivity index (χ2n) is 5.97. The lowest BCUT2D eigenvalue weighted by Gasteiger charge is -2.30. The lowest BCUT2D eigenvalue weighted by molar-refractivity contribution is 0.0946. The number of nitrogens with one attached hydrogen (secondary N) is 1. The highest BCUT2D eigenvalue weighted by molar-refractivity contribution is 7.12. The van der Waals surface area contributed by atoms with Crippen LogP contribution in [0.1, 0.15) is 46.5 Å². The summed E-state index contributed by atoms with van der Waals surface area (Å²) < 4.78 is 0. The minimum atomic E-state index is 0.0738. The summed E-state index contributed by atoms with van der Waals surface area (Å²) in [5, 5.41) is 5.16. The third-order valence-electron chi connectivity index (χ3n) is 4.60. The Morgan fingerprint density at radius 1 is 1.19 bits per heavy atom. The van der Waals surface area contributed by atoms with Crippen LogP contribution in [0.3, 0.4) is 0 Å². The Morgan fingerprint density at radius 2 is 1.90 bits per heavy atom. The quantitative estimate of drug-likeness (QED) is 0.896. The molecule has 0 spiro atoms. The molecule has 1 N–H and O–H groups in total. The standard InChI is InChI=1S/C18H21NOS/c1-14-9-12-21-16(14)17(20)19-13-18(10-5-6-11-18)15-7-3-2-4-8-15/h2-4,7-9,12H,5-6,10-11,13H2,1H3,(H,19,20). The first-order valence-corrected chi connectivity index (χ1v) is 8.47. The van der Waals surface area contributed by atoms with Gasteiger partial charge in [0.15, 0.2) is 0 Å². The van der Waals surface area contributed by atoms with Crippen molar-refractivity contribution in [2.45, 2.75) is 38.0 Å². The van der Waals surface area contributed by atoms with Gasteiger partial charge in [-0.1, -0.05) is 43.2 Å². The van der Waals surface area contributed by atoms with E-state index in [2.05, 4.69) is 35.6 Å². The first kappa shape index (κ1) is 14.3. The number of rotatable bonds is 4. The van der Waals surface area contributed by atoms with Gasteiger partial charge in [0, 0.05) is 12.0 Å². The normalized spacial score (nSPS) is 16.8. The molecule has 2 nitrogen and oxygen atoms in total. The summed E-state index contributed by atoms with van der Waals surface area (Å²) in [6.45, 7) is 2.74. The van der Waals surface area contributed by atoms with E-state index in [4.69, 9.17) is 0 Å². The lowest BCUT2D eigenvalue weighted by atomic mass is 9.79. The molecule has 1 saturated carbocycles. The predicted octanol–water partition coefficient (Wildman–Crippen LogP) is 4.30. The van der Waals surface area contributed by atoms with Gasteiger partial charge in [0.1, 0.15) is 0 Å². The third kappa shape index (κ3) is 2.88. The summed E-state index contributed by atoms with van der Waals surface area (Å²) in [4.78, 5) is 13.2. The monoisotopic (exact) mass is 299 g/mol. The molecule has 1 heterocycles. The number of benzene rings is 1. The number of hydrogen-bond acceptors (Lipinski definition) is 2. The molecule has 0 unspecified atom stereocenters. The van der Waals surface area contributed by atoms with Gasteiger partial charge >= 0.3 is 0 Å². The van der Waals surface area contributed by atoms with Crippen LogP contribution in [0.2, 0.25) is 0 Å². The van der Waals surface area contributed by atoms with Crippen molar-refractivity contribution < 1.29 is 4.79 Å². The molecular weight excluding hydrogens is 278 g/mol. The fourth-order valence-electron chi connectivity index (χ4n) is 3.35. The maximum Gasteiger partial charge on any atom is 0.261 e. The number of aryl methyl sites for hydroxylation is 1. The Labute approximate surface area is 130 Å². The molecular formula is C18H21NOS. The van der Waals surface area contributed by atoms with Crippen molar-refractivity contribution in [2.75, 3.05) is 6.54 Å². The van der Waals surface area contributed by atoms with E-state index in [0.29, 0.717) is 0 Å². The fraction of sp³-hybridized carbons (Fsp3) is 0.389. The molecule has 21 heavy (non-hydrogen) atoms. The van der Waals surface area contributed by atoms with Gasteiger partial charge in [-0.15, -0.1) is 11.3 Å². The van der Waals surface area contributed by atoms with Gasteiger partial charge in [-0.25, -0.2) is 0 Å². The lowest BCUT2D eigenvalue weighted by Crippen LogP contribution is -2.38. The van der Waals surface area contributed by atoms with Gasteiger partial charge in [-0.3, -0.25) is 4.79 Å². The molecule has 3 rings (SSSR count). The SMILES string of the molecule is Cc1ccsc1C(=O)NCC1(c2ccccc2)CCCC1. The molecule has 110 valence electrons. The van der Waals surface area contributed by atoms with Crippen LogP contribution in [0.4, 0.5) is 0 Å². The molecule has 0 aliphatic heterocycles. The van der Waals surface area contributed by atoms with Gasteiger partial charge in [0.2, 0.25) is 0 Å². The van der Waals surface area contributed by atoms with Crippen molar-refractivity contribution >= 4 is 17.2 Å². The number of thiophene rings is 1. The van der Waals surface area contributed by atoms with Gasteiger partial charge in [-0.05, 0) is 42.3 Å². The molecule has 0 bridgehead atoms.